The molecule has 0 radical (unpaired) electrons. The quantitative estimate of drug-likeness (QED) is 0.712. The standard InChI is InChI=1S/C20H20N2OS/c1-3-18(20-21-14(2)13-24-20)22-19(23)17-11-9-16(10-12-17)15-7-5-4-6-8-15/h4-13,18H,3H2,1-2H3,(H,22,23). The first-order valence-corrected chi connectivity index (χ1v) is 8.93. The summed E-state index contributed by atoms with van der Waals surface area (Å²) in [6.07, 6.45) is 0.820. The van der Waals surface area contributed by atoms with Gasteiger partial charge in [0.05, 0.1) is 6.04 Å². The van der Waals surface area contributed by atoms with Crippen LogP contribution >= 0.6 is 11.3 Å². The first kappa shape index (κ1) is 16.4. The zero-order chi connectivity index (χ0) is 16.9. The first-order valence-electron chi connectivity index (χ1n) is 8.05. The molecule has 1 aromatic heterocycles. The van der Waals surface area contributed by atoms with Crippen LogP contribution in [-0.4, -0.2) is 10.9 Å². The molecule has 0 bridgehead atoms. The Bertz CT molecular complexity index is 809. The van der Waals surface area contributed by atoms with E-state index in [-0.39, 0.29) is 11.9 Å². The number of nitrogens with one attached hydrogen (secondary N) is 1. The Labute approximate surface area is 146 Å². The minimum absolute atomic E-state index is 0.0370. The van der Waals surface area contributed by atoms with E-state index in [1.165, 1.54) is 0 Å². The second-order valence-corrected chi connectivity index (χ2v) is 6.59. The van der Waals surface area contributed by atoms with Gasteiger partial charge in [0.1, 0.15) is 5.01 Å². The molecule has 3 rings (SSSR count). The summed E-state index contributed by atoms with van der Waals surface area (Å²) in [5, 5.41) is 6.06. The van der Waals surface area contributed by atoms with Gasteiger partial charge in [0.2, 0.25) is 0 Å². The molecule has 0 aliphatic heterocycles. The predicted molar refractivity (Wildman–Crippen MR) is 99.2 cm³/mol. The molecule has 122 valence electrons. The van der Waals surface area contributed by atoms with Gasteiger partial charge in [0, 0.05) is 16.6 Å². The van der Waals surface area contributed by atoms with Crippen LogP contribution in [0.25, 0.3) is 11.1 Å². The summed E-state index contributed by atoms with van der Waals surface area (Å²) in [4.78, 5) is 17.0. The normalized spacial score (nSPS) is 11.9. The lowest BCUT2D eigenvalue weighted by atomic mass is 10.0. The molecule has 1 unspecified atom stereocenters. The molecule has 4 heteroatoms. The highest BCUT2D eigenvalue weighted by molar-refractivity contribution is 7.09. The smallest absolute Gasteiger partial charge is 0.251 e. The van der Waals surface area contributed by atoms with Crippen LogP contribution in [-0.2, 0) is 0 Å². The first-order chi connectivity index (χ1) is 11.7. The number of aryl methyl sites for hydroxylation is 1. The van der Waals surface area contributed by atoms with E-state index in [9.17, 15) is 4.79 Å². The lowest BCUT2D eigenvalue weighted by Gasteiger charge is -2.14. The third-order valence-electron chi connectivity index (χ3n) is 3.90. The molecule has 1 amide bonds. The fraction of sp³-hybridized carbons (Fsp3) is 0.200. The molecule has 0 aliphatic carbocycles. The molecular weight excluding hydrogens is 316 g/mol. The molecule has 0 saturated carbocycles. The lowest BCUT2D eigenvalue weighted by molar-refractivity contribution is 0.0935. The molecule has 3 nitrogen and oxygen atoms in total. The molecule has 1 N–H and O–H groups in total. The molecule has 1 atom stereocenters. The number of thiazole rings is 1. The van der Waals surface area contributed by atoms with Crippen LogP contribution in [0.15, 0.2) is 60.0 Å². The summed E-state index contributed by atoms with van der Waals surface area (Å²) in [7, 11) is 0. The van der Waals surface area contributed by atoms with E-state index >= 15 is 0 Å². The van der Waals surface area contributed by atoms with Crippen LogP contribution in [0.3, 0.4) is 0 Å². The number of aromatic nitrogens is 1. The summed E-state index contributed by atoms with van der Waals surface area (Å²) in [6, 6.07) is 17.8. The number of carbonyl (C=O) groups excluding carboxylic acids is 1. The number of rotatable bonds is 5. The zero-order valence-corrected chi connectivity index (χ0v) is 14.6. The number of nitrogens with zero attached hydrogens (tertiary/aromatic N) is 1. The molecule has 0 saturated heterocycles. The largest absolute Gasteiger partial charge is 0.343 e. The Hall–Kier alpha value is -2.46. The van der Waals surface area contributed by atoms with Crippen molar-refractivity contribution in [1.29, 1.82) is 0 Å². The summed E-state index contributed by atoms with van der Waals surface area (Å²) < 4.78 is 0. The predicted octanol–water partition coefficient (Wildman–Crippen LogP) is 5.00. The molecule has 0 spiro atoms. The average molecular weight is 336 g/mol. The summed E-state index contributed by atoms with van der Waals surface area (Å²) in [5.41, 5.74) is 3.92. The Balaban J connectivity index is 1.73. The number of hydrogen-bond acceptors (Lipinski definition) is 3. The highest BCUT2D eigenvalue weighted by Gasteiger charge is 2.16. The van der Waals surface area contributed by atoms with Crippen LogP contribution in [0, 0.1) is 6.92 Å². The van der Waals surface area contributed by atoms with Gasteiger partial charge in [-0.05, 0) is 36.6 Å². The van der Waals surface area contributed by atoms with Gasteiger partial charge >= 0.3 is 0 Å². The molecule has 0 aliphatic rings. The number of amides is 1. The minimum atomic E-state index is -0.0608. The van der Waals surface area contributed by atoms with Crippen LogP contribution in [0.4, 0.5) is 0 Å². The Kier molecular flexibility index (Phi) is 5.06. The second-order valence-electron chi connectivity index (χ2n) is 5.70. The number of carbonyl (C=O) groups is 1. The SMILES string of the molecule is CCC(NC(=O)c1ccc(-c2ccccc2)cc1)c1nc(C)cs1. The summed E-state index contributed by atoms with van der Waals surface area (Å²) >= 11 is 1.59. The maximum absolute atomic E-state index is 12.5. The Morgan fingerprint density at radius 3 is 2.33 bits per heavy atom. The van der Waals surface area contributed by atoms with Crippen molar-refractivity contribution < 1.29 is 4.79 Å². The topological polar surface area (TPSA) is 42.0 Å². The van der Waals surface area contributed by atoms with Crippen molar-refractivity contribution in [3.63, 3.8) is 0 Å². The van der Waals surface area contributed by atoms with Crippen molar-refractivity contribution in [1.82, 2.24) is 10.3 Å². The minimum Gasteiger partial charge on any atom is -0.343 e. The van der Waals surface area contributed by atoms with Crippen LogP contribution in [0.2, 0.25) is 0 Å². The van der Waals surface area contributed by atoms with Crippen molar-refractivity contribution >= 4 is 17.2 Å². The molecule has 24 heavy (non-hydrogen) atoms. The molecule has 1 heterocycles. The van der Waals surface area contributed by atoms with Crippen molar-refractivity contribution in [2.24, 2.45) is 0 Å². The lowest BCUT2D eigenvalue weighted by Crippen LogP contribution is -2.28. The van der Waals surface area contributed by atoms with Gasteiger partial charge in [-0.15, -0.1) is 11.3 Å². The molecule has 3 aromatic rings. The highest BCUT2D eigenvalue weighted by Crippen LogP contribution is 2.22. The third kappa shape index (κ3) is 3.71. The van der Waals surface area contributed by atoms with E-state index in [2.05, 4.69) is 29.4 Å². The van der Waals surface area contributed by atoms with E-state index in [0.29, 0.717) is 5.56 Å². The van der Waals surface area contributed by atoms with Crippen LogP contribution < -0.4 is 5.32 Å². The van der Waals surface area contributed by atoms with E-state index in [4.69, 9.17) is 0 Å². The number of hydrogen-bond donors (Lipinski definition) is 1. The van der Waals surface area contributed by atoms with E-state index in [0.717, 1.165) is 28.2 Å². The fourth-order valence-corrected chi connectivity index (χ4v) is 3.49. The van der Waals surface area contributed by atoms with Crippen molar-refractivity contribution in [2.45, 2.75) is 26.3 Å². The van der Waals surface area contributed by atoms with Gasteiger partial charge in [-0.3, -0.25) is 4.79 Å². The Morgan fingerprint density at radius 1 is 1.08 bits per heavy atom. The maximum Gasteiger partial charge on any atom is 0.251 e. The summed E-state index contributed by atoms with van der Waals surface area (Å²) in [6.45, 7) is 4.02. The van der Waals surface area contributed by atoms with Gasteiger partial charge in [-0.2, -0.15) is 0 Å². The van der Waals surface area contributed by atoms with Crippen molar-refractivity contribution in [3.8, 4) is 11.1 Å². The van der Waals surface area contributed by atoms with Crippen molar-refractivity contribution in [3.05, 3.63) is 76.2 Å². The van der Waals surface area contributed by atoms with Gasteiger partial charge in [-0.1, -0.05) is 49.4 Å². The van der Waals surface area contributed by atoms with Crippen LogP contribution in [0.1, 0.15) is 40.4 Å². The maximum atomic E-state index is 12.5. The molecule has 0 fully saturated rings. The molecular formula is C20H20N2OS. The Morgan fingerprint density at radius 2 is 1.75 bits per heavy atom. The second kappa shape index (κ2) is 7.41. The zero-order valence-electron chi connectivity index (χ0n) is 13.8. The summed E-state index contributed by atoms with van der Waals surface area (Å²) in [5.74, 6) is -0.0608. The molecule has 2 aromatic carbocycles. The van der Waals surface area contributed by atoms with Gasteiger partial charge in [0.25, 0.3) is 5.91 Å². The van der Waals surface area contributed by atoms with E-state index in [1.54, 1.807) is 11.3 Å². The fourth-order valence-electron chi connectivity index (χ4n) is 2.56. The van der Waals surface area contributed by atoms with Gasteiger partial charge < -0.3 is 5.32 Å². The van der Waals surface area contributed by atoms with Crippen molar-refractivity contribution in [2.75, 3.05) is 0 Å². The highest BCUT2D eigenvalue weighted by atomic mass is 32.1. The van der Waals surface area contributed by atoms with E-state index < -0.39 is 0 Å². The average Bonchev–Trinajstić information content (AvgIpc) is 3.06. The van der Waals surface area contributed by atoms with Gasteiger partial charge in [-0.25, -0.2) is 4.98 Å². The van der Waals surface area contributed by atoms with E-state index in [1.807, 2.05) is 54.8 Å². The van der Waals surface area contributed by atoms with Gasteiger partial charge in [0.15, 0.2) is 0 Å². The van der Waals surface area contributed by atoms with Crippen LogP contribution in [0.5, 0.6) is 0 Å². The third-order valence-corrected chi connectivity index (χ3v) is 4.98. The monoisotopic (exact) mass is 336 g/mol. The number of benzene rings is 2.